The van der Waals surface area contributed by atoms with E-state index in [-0.39, 0.29) is 0 Å². The predicted molar refractivity (Wildman–Crippen MR) is 84.9 cm³/mol. The molecule has 1 saturated heterocycles. The van der Waals surface area contributed by atoms with Gasteiger partial charge in [-0.2, -0.15) is 0 Å². The zero-order valence-electron chi connectivity index (χ0n) is 13.3. The number of likely N-dealkylation sites (N-methyl/N-ethyl adjacent to an activating group) is 1. The monoisotopic (exact) mass is 291 g/mol. The van der Waals surface area contributed by atoms with Crippen molar-refractivity contribution in [2.45, 2.75) is 63.5 Å². The van der Waals surface area contributed by atoms with Gasteiger partial charge in [-0.3, -0.25) is 9.69 Å². The molecule has 21 heavy (non-hydrogen) atoms. The molecule has 3 aliphatic rings. The maximum Gasteiger partial charge on any atom is 0.241 e. The Morgan fingerprint density at radius 3 is 2.71 bits per heavy atom. The second kappa shape index (κ2) is 6.93. The van der Waals surface area contributed by atoms with Crippen LogP contribution in [0.2, 0.25) is 0 Å². The first kappa shape index (κ1) is 15.0. The summed E-state index contributed by atoms with van der Waals surface area (Å²) in [5.74, 6) is 0.318. The van der Waals surface area contributed by atoms with E-state index in [2.05, 4.69) is 28.2 Å². The molecule has 3 rings (SSSR count). The topological polar surface area (TPSA) is 35.6 Å². The number of nitrogens with zero attached hydrogens (tertiary/aromatic N) is 2. The van der Waals surface area contributed by atoms with Crippen molar-refractivity contribution in [1.29, 1.82) is 0 Å². The van der Waals surface area contributed by atoms with Gasteiger partial charge in [0.1, 0.15) is 0 Å². The van der Waals surface area contributed by atoms with Crippen LogP contribution in [0.25, 0.3) is 0 Å². The number of hydrogen-bond acceptors (Lipinski definition) is 3. The molecule has 118 valence electrons. The molecule has 1 heterocycles. The standard InChI is InChI=1S/C17H29N3O/c1-19(16-8-5-11-18-12-16)13-17(21)20(15-9-10-15)14-6-3-2-4-7-14/h6,15-16,18H,2-5,7-13H2,1H3. The number of amides is 1. The average Bonchev–Trinajstić information content (AvgIpc) is 3.34. The Bertz CT molecular complexity index is 397. The van der Waals surface area contributed by atoms with Crippen LogP contribution in [0.1, 0.15) is 51.4 Å². The first-order valence-corrected chi connectivity index (χ1v) is 8.68. The molecule has 1 aliphatic heterocycles. The Morgan fingerprint density at radius 1 is 1.24 bits per heavy atom. The van der Waals surface area contributed by atoms with Crippen molar-refractivity contribution in [1.82, 2.24) is 15.1 Å². The molecule has 0 aromatic carbocycles. The van der Waals surface area contributed by atoms with E-state index in [1.165, 1.54) is 44.2 Å². The Hall–Kier alpha value is -0.870. The fourth-order valence-electron chi connectivity index (χ4n) is 3.60. The molecule has 1 saturated carbocycles. The largest absolute Gasteiger partial charge is 0.315 e. The number of nitrogens with one attached hydrogen (secondary N) is 1. The minimum absolute atomic E-state index is 0.318. The summed E-state index contributed by atoms with van der Waals surface area (Å²) in [5.41, 5.74) is 1.31. The lowest BCUT2D eigenvalue weighted by molar-refractivity contribution is -0.131. The zero-order valence-corrected chi connectivity index (χ0v) is 13.3. The van der Waals surface area contributed by atoms with Gasteiger partial charge in [-0.25, -0.2) is 0 Å². The summed E-state index contributed by atoms with van der Waals surface area (Å²) in [6.07, 6.45) is 11.9. The SMILES string of the molecule is CN(CC(=O)N(C1=CCCCC1)C1CC1)C1CCCNC1. The van der Waals surface area contributed by atoms with Crippen molar-refractivity contribution < 1.29 is 4.79 Å². The fourth-order valence-corrected chi connectivity index (χ4v) is 3.60. The van der Waals surface area contributed by atoms with Crippen LogP contribution >= 0.6 is 0 Å². The van der Waals surface area contributed by atoms with Crippen molar-refractivity contribution in [2.75, 3.05) is 26.7 Å². The highest BCUT2D eigenvalue weighted by molar-refractivity contribution is 5.80. The molecule has 1 atom stereocenters. The van der Waals surface area contributed by atoms with E-state index in [1.807, 2.05) is 0 Å². The van der Waals surface area contributed by atoms with Crippen molar-refractivity contribution in [2.24, 2.45) is 0 Å². The second-order valence-electron chi connectivity index (χ2n) is 6.85. The minimum atomic E-state index is 0.318. The summed E-state index contributed by atoms with van der Waals surface area (Å²) in [7, 11) is 2.11. The van der Waals surface area contributed by atoms with Crippen molar-refractivity contribution >= 4 is 5.91 Å². The highest BCUT2D eigenvalue weighted by atomic mass is 16.2. The van der Waals surface area contributed by atoms with Crippen LogP contribution in [-0.4, -0.2) is 54.5 Å². The number of carbonyl (C=O) groups excluding carboxylic acids is 1. The first-order valence-electron chi connectivity index (χ1n) is 8.68. The molecule has 2 fully saturated rings. The van der Waals surface area contributed by atoms with E-state index >= 15 is 0 Å². The number of piperidine rings is 1. The molecule has 0 bridgehead atoms. The lowest BCUT2D eigenvalue weighted by Gasteiger charge is -2.34. The third kappa shape index (κ3) is 3.86. The average molecular weight is 291 g/mol. The highest BCUT2D eigenvalue weighted by Gasteiger charge is 2.35. The Kier molecular flexibility index (Phi) is 4.96. The van der Waals surface area contributed by atoms with E-state index in [4.69, 9.17) is 0 Å². The molecule has 0 spiro atoms. The molecular weight excluding hydrogens is 262 g/mol. The lowest BCUT2D eigenvalue weighted by Crippen LogP contribution is -2.48. The van der Waals surface area contributed by atoms with Crippen molar-refractivity contribution in [3.8, 4) is 0 Å². The Morgan fingerprint density at radius 2 is 2.10 bits per heavy atom. The van der Waals surface area contributed by atoms with Gasteiger partial charge in [-0.05, 0) is 65.0 Å². The van der Waals surface area contributed by atoms with Gasteiger partial charge in [-0.15, -0.1) is 0 Å². The Balaban J connectivity index is 1.60. The van der Waals surface area contributed by atoms with Gasteiger partial charge in [-0.1, -0.05) is 6.08 Å². The van der Waals surface area contributed by atoms with E-state index < -0.39 is 0 Å². The van der Waals surface area contributed by atoms with Crippen molar-refractivity contribution in [3.05, 3.63) is 11.8 Å². The van der Waals surface area contributed by atoms with E-state index in [0.717, 1.165) is 25.9 Å². The molecule has 4 nitrogen and oxygen atoms in total. The van der Waals surface area contributed by atoms with Gasteiger partial charge < -0.3 is 10.2 Å². The van der Waals surface area contributed by atoms with Gasteiger partial charge in [0.2, 0.25) is 5.91 Å². The van der Waals surface area contributed by atoms with Crippen LogP contribution < -0.4 is 5.32 Å². The van der Waals surface area contributed by atoms with Crippen LogP contribution in [0.15, 0.2) is 11.8 Å². The van der Waals surface area contributed by atoms with Gasteiger partial charge in [0.15, 0.2) is 0 Å². The summed E-state index contributed by atoms with van der Waals surface area (Å²) in [4.78, 5) is 17.2. The fraction of sp³-hybridized carbons (Fsp3) is 0.824. The molecule has 0 aromatic rings. The van der Waals surface area contributed by atoms with Crippen LogP contribution in [-0.2, 0) is 4.79 Å². The van der Waals surface area contributed by atoms with Crippen LogP contribution in [0.4, 0.5) is 0 Å². The molecule has 2 aliphatic carbocycles. The summed E-state index contributed by atoms with van der Waals surface area (Å²) in [5, 5.41) is 3.44. The number of hydrogen-bond donors (Lipinski definition) is 1. The summed E-state index contributed by atoms with van der Waals surface area (Å²) in [6.45, 7) is 2.72. The van der Waals surface area contributed by atoms with Crippen molar-refractivity contribution in [3.63, 3.8) is 0 Å². The third-order valence-electron chi connectivity index (χ3n) is 5.04. The van der Waals surface area contributed by atoms with Crippen LogP contribution in [0.5, 0.6) is 0 Å². The van der Waals surface area contributed by atoms with Crippen LogP contribution in [0.3, 0.4) is 0 Å². The number of rotatable bonds is 5. The maximum absolute atomic E-state index is 12.8. The second-order valence-corrected chi connectivity index (χ2v) is 6.85. The lowest BCUT2D eigenvalue weighted by atomic mass is 10.0. The van der Waals surface area contributed by atoms with Gasteiger partial charge in [0.25, 0.3) is 0 Å². The summed E-state index contributed by atoms with van der Waals surface area (Å²) < 4.78 is 0. The summed E-state index contributed by atoms with van der Waals surface area (Å²) >= 11 is 0. The van der Waals surface area contributed by atoms with E-state index in [0.29, 0.717) is 24.5 Å². The van der Waals surface area contributed by atoms with E-state index in [9.17, 15) is 4.79 Å². The van der Waals surface area contributed by atoms with Crippen LogP contribution in [0, 0.1) is 0 Å². The molecular formula is C17H29N3O. The number of allylic oxidation sites excluding steroid dienone is 2. The highest BCUT2D eigenvalue weighted by Crippen LogP contribution is 2.33. The third-order valence-corrected chi connectivity index (χ3v) is 5.04. The van der Waals surface area contributed by atoms with E-state index in [1.54, 1.807) is 0 Å². The molecule has 1 unspecified atom stereocenters. The zero-order chi connectivity index (χ0) is 14.7. The predicted octanol–water partition coefficient (Wildman–Crippen LogP) is 2.12. The first-order chi connectivity index (χ1) is 10.3. The van der Waals surface area contributed by atoms with Gasteiger partial charge >= 0.3 is 0 Å². The smallest absolute Gasteiger partial charge is 0.241 e. The number of carbonyl (C=O) groups is 1. The molecule has 4 heteroatoms. The normalized spacial score (nSPS) is 26.6. The maximum atomic E-state index is 12.8. The quantitative estimate of drug-likeness (QED) is 0.843. The Labute approximate surface area is 128 Å². The minimum Gasteiger partial charge on any atom is -0.315 e. The molecule has 1 N–H and O–H groups in total. The van der Waals surface area contributed by atoms with Gasteiger partial charge in [0, 0.05) is 24.3 Å². The van der Waals surface area contributed by atoms with Gasteiger partial charge in [0.05, 0.1) is 6.54 Å². The molecule has 0 radical (unpaired) electrons. The molecule has 1 amide bonds. The molecule has 0 aromatic heterocycles. The summed E-state index contributed by atoms with van der Waals surface area (Å²) in [6, 6.07) is 1.02.